The van der Waals surface area contributed by atoms with Crippen molar-refractivity contribution in [1.29, 1.82) is 0 Å². The van der Waals surface area contributed by atoms with E-state index in [0.717, 1.165) is 0 Å². The predicted octanol–water partition coefficient (Wildman–Crippen LogP) is 1.26. The quantitative estimate of drug-likeness (QED) is 0.0133. The number of carboxylic acids is 1. The highest BCUT2D eigenvalue weighted by atomic mass is 16.4. The van der Waals surface area contributed by atoms with Crippen LogP contribution in [0.4, 0.5) is 0 Å². The molecule has 1 aromatic rings. The van der Waals surface area contributed by atoms with Gasteiger partial charge in [-0.05, 0) is 80.0 Å². The maximum atomic E-state index is 14.3. The number of nitrogens with zero attached hydrogens (tertiary/aromatic N) is 6. The Labute approximate surface area is 352 Å². The van der Waals surface area contributed by atoms with Crippen LogP contribution in [0.3, 0.4) is 0 Å². The predicted molar refractivity (Wildman–Crippen MR) is 226 cm³/mol. The van der Waals surface area contributed by atoms with Crippen molar-refractivity contribution >= 4 is 41.5 Å². The molecule has 1 aromatic carbocycles. The third-order valence-electron chi connectivity index (χ3n) is 10.3. The molecular formula is C40H67N12O8+. The number of carboxylic acid groups (broad SMARTS) is 1. The van der Waals surface area contributed by atoms with E-state index >= 15 is 0 Å². The first-order valence-corrected chi connectivity index (χ1v) is 20.6. The number of hydrogen-bond donors (Lipinski definition) is 8. The van der Waals surface area contributed by atoms with Gasteiger partial charge < -0.3 is 52.3 Å². The monoisotopic (exact) mass is 844 g/mol. The fourth-order valence-corrected chi connectivity index (χ4v) is 6.85. The Hall–Kier alpha value is -5.62. The highest BCUT2D eigenvalue weighted by Crippen LogP contribution is 2.22. The van der Waals surface area contributed by atoms with Crippen LogP contribution in [0.15, 0.2) is 34.4 Å². The van der Waals surface area contributed by atoms with Gasteiger partial charge >= 0.3 is 5.97 Å². The molecule has 0 aliphatic carbocycles. The number of quaternary nitrogens is 1. The van der Waals surface area contributed by atoms with Gasteiger partial charge in [-0.15, -0.1) is 0 Å². The molecule has 1 saturated heterocycles. The number of nitrogens with one attached hydrogen (secondary N) is 4. The van der Waals surface area contributed by atoms with Gasteiger partial charge in [0.2, 0.25) is 29.5 Å². The van der Waals surface area contributed by atoms with Crippen molar-refractivity contribution in [2.75, 3.05) is 40.8 Å². The molecule has 0 saturated carbocycles. The number of aliphatic imine (C=N–C) groups is 1. The van der Waals surface area contributed by atoms with Crippen molar-refractivity contribution in [2.45, 2.75) is 122 Å². The Morgan fingerprint density at radius 2 is 1.57 bits per heavy atom. The lowest BCUT2D eigenvalue weighted by atomic mass is 9.96. The number of aromatic hydroxyl groups is 1. The van der Waals surface area contributed by atoms with E-state index in [1.807, 2.05) is 41.9 Å². The smallest absolute Gasteiger partial charge is 0.326 e. The van der Waals surface area contributed by atoms with E-state index in [9.17, 15) is 44.5 Å². The number of aliphatic carboxylic acids is 1. The van der Waals surface area contributed by atoms with E-state index in [4.69, 9.17) is 11.5 Å². The number of amides is 5. The van der Waals surface area contributed by atoms with Crippen LogP contribution < -0.4 is 32.7 Å². The molecule has 2 rings (SSSR count). The number of phenols is 1. The highest BCUT2D eigenvalue weighted by Gasteiger charge is 2.40. The number of benzene rings is 1. The Morgan fingerprint density at radius 3 is 2.13 bits per heavy atom. The van der Waals surface area contributed by atoms with Gasteiger partial charge in [0, 0.05) is 24.4 Å². The fourth-order valence-electron chi connectivity index (χ4n) is 6.85. The standard InChI is InChI=1S/C40H66N12O8/c1-8-25(4)33(37(57)47-31(39(59)60)22-24(2)3)48-35(55)30(23-26-15-17-27(53)18-16-26)46-36(56)32-14-10-20-51(32)38(58)29(12-9-19-44-40(41)42)45-34(54)28(49-50-43)13-11-21-52(5,6)7/h15-18,24-25,28-33H,8-14,19-23H2,1-7H3,(H9-,41,42,44,45,46,47,48,53,54,55,56,57,59,60)/p+1/t25-,28-,29-,30-,31-,32-,33-/m0/s1. The summed E-state index contributed by atoms with van der Waals surface area (Å²) in [6.45, 7) is 8.26. The maximum absolute atomic E-state index is 14.3. The number of rotatable bonds is 25. The molecule has 60 heavy (non-hydrogen) atoms. The maximum Gasteiger partial charge on any atom is 0.326 e. The highest BCUT2D eigenvalue weighted by molar-refractivity contribution is 5.97. The summed E-state index contributed by atoms with van der Waals surface area (Å²) in [5.41, 5.74) is 20.8. The van der Waals surface area contributed by atoms with Gasteiger partial charge in [-0.25, -0.2) is 4.79 Å². The first kappa shape index (κ1) is 50.5. The molecule has 20 heteroatoms. The van der Waals surface area contributed by atoms with Crippen LogP contribution in [0.25, 0.3) is 10.4 Å². The molecule has 0 bridgehead atoms. The third-order valence-corrected chi connectivity index (χ3v) is 10.3. The molecule has 0 unspecified atom stereocenters. The molecule has 334 valence electrons. The molecule has 1 fully saturated rings. The first-order valence-electron chi connectivity index (χ1n) is 20.6. The van der Waals surface area contributed by atoms with Crippen LogP contribution in [-0.4, -0.2) is 138 Å². The van der Waals surface area contributed by atoms with E-state index in [1.54, 1.807) is 19.1 Å². The van der Waals surface area contributed by atoms with Gasteiger partial charge in [0.1, 0.15) is 42.0 Å². The molecule has 1 aliphatic heterocycles. The van der Waals surface area contributed by atoms with E-state index in [1.165, 1.54) is 17.0 Å². The van der Waals surface area contributed by atoms with Gasteiger partial charge in [-0.2, -0.15) is 0 Å². The normalized spacial score (nSPS) is 16.9. The summed E-state index contributed by atoms with van der Waals surface area (Å²) < 4.78 is 0.631. The third kappa shape index (κ3) is 17.3. The summed E-state index contributed by atoms with van der Waals surface area (Å²) in [6.07, 6.45) is 2.46. The Morgan fingerprint density at radius 1 is 0.917 bits per heavy atom. The summed E-state index contributed by atoms with van der Waals surface area (Å²) >= 11 is 0. The zero-order valence-electron chi connectivity index (χ0n) is 36.1. The van der Waals surface area contributed by atoms with E-state index in [0.29, 0.717) is 35.9 Å². The van der Waals surface area contributed by atoms with Gasteiger partial charge in [-0.3, -0.25) is 29.0 Å². The minimum atomic E-state index is -1.27. The van der Waals surface area contributed by atoms with Crippen LogP contribution in [0.1, 0.15) is 84.6 Å². The Bertz CT molecular complexity index is 1690. The van der Waals surface area contributed by atoms with Crippen molar-refractivity contribution in [3.8, 4) is 5.75 Å². The number of azide groups is 1. The van der Waals surface area contributed by atoms with Crippen molar-refractivity contribution < 1.29 is 43.5 Å². The van der Waals surface area contributed by atoms with Gasteiger partial charge in [0.05, 0.1) is 27.7 Å². The lowest BCUT2D eigenvalue weighted by Gasteiger charge is -2.31. The summed E-state index contributed by atoms with van der Waals surface area (Å²) in [6, 6.07) is -0.839. The second kappa shape index (κ2) is 24.5. The van der Waals surface area contributed by atoms with Gasteiger partial charge in [0.25, 0.3) is 0 Å². The average molecular weight is 844 g/mol. The zero-order chi connectivity index (χ0) is 45.2. The summed E-state index contributed by atoms with van der Waals surface area (Å²) in [7, 11) is 5.98. The second-order valence-electron chi connectivity index (χ2n) is 16.9. The summed E-state index contributed by atoms with van der Waals surface area (Å²) in [5.74, 6) is -5.07. The van der Waals surface area contributed by atoms with E-state index in [-0.39, 0.29) is 69.2 Å². The molecule has 0 radical (unpaired) electrons. The zero-order valence-corrected chi connectivity index (χ0v) is 36.1. The van der Waals surface area contributed by atoms with Crippen molar-refractivity contribution in [3.05, 3.63) is 40.3 Å². The van der Waals surface area contributed by atoms with Crippen LogP contribution in [0.5, 0.6) is 5.75 Å². The van der Waals surface area contributed by atoms with E-state index in [2.05, 4.69) is 36.3 Å². The molecule has 10 N–H and O–H groups in total. The largest absolute Gasteiger partial charge is 0.508 e. The van der Waals surface area contributed by atoms with Crippen LogP contribution in [0.2, 0.25) is 0 Å². The summed E-state index contributed by atoms with van der Waals surface area (Å²) in [5, 5.41) is 34.2. The van der Waals surface area contributed by atoms with Gasteiger partial charge in [-0.1, -0.05) is 51.4 Å². The van der Waals surface area contributed by atoms with Crippen molar-refractivity contribution in [1.82, 2.24) is 26.2 Å². The lowest BCUT2D eigenvalue weighted by Crippen LogP contribution is -2.60. The Kier molecular flexibility index (Phi) is 20.6. The first-order chi connectivity index (χ1) is 28.2. The topological polar surface area (TPSA) is 307 Å². The summed E-state index contributed by atoms with van der Waals surface area (Å²) in [4.78, 5) is 89.8. The van der Waals surface area contributed by atoms with Crippen LogP contribution in [-0.2, 0) is 35.2 Å². The van der Waals surface area contributed by atoms with Crippen LogP contribution in [0, 0.1) is 11.8 Å². The molecule has 20 nitrogen and oxygen atoms in total. The van der Waals surface area contributed by atoms with Crippen LogP contribution >= 0.6 is 0 Å². The number of carbonyl (C=O) groups excluding carboxylic acids is 5. The fraction of sp³-hybridized carbons (Fsp3) is 0.675. The van der Waals surface area contributed by atoms with E-state index < -0.39 is 77.7 Å². The van der Waals surface area contributed by atoms with Crippen molar-refractivity contribution in [3.63, 3.8) is 0 Å². The van der Waals surface area contributed by atoms with Crippen molar-refractivity contribution in [2.24, 2.45) is 33.4 Å². The lowest BCUT2D eigenvalue weighted by molar-refractivity contribution is -0.870. The number of guanidine groups is 1. The second-order valence-corrected chi connectivity index (χ2v) is 16.9. The molecule has 5 amide bonds. The number of phenolic OH excluding ortho intramolecular Hbond substituents is 1. The SMILES string of the molecule is CC[C@H](C)[C@H](NC(=O)[C@H](Cc1ccc(O)cc1)NC(=O)[C@@H]1CCCN1C(=O)[C@H](CCCN=C(N)N)NC(=O)[C@H](CCC[N+](C)(C)C)N=[N+]=[N-])C(=O)N[C@@H](CC(C)C)C(=O)O. The number of hydrogen-bond acceptors (Lipinski definition) is 9. The minimum Gasteiger partial charge on any atom is -0.508 e. The molecule has 1 aliphatic rings. The minimum absolute atomic E-state index is 0.0124. The molecule has 1 heterocycles. The number of nitrogens with two attached hydrogens (primary N) is 2. The Balaban J connectivity index is 2.41. The molecular weight excluding hydrogens is 777 g/mol. The molecule has 7 atom stereocenters. The molecule has 0 aromatic heterocycles. The average Bonchev–Trinajstić information content (AvgIpc) is 3.67. The number of likely N-dealkylation sites (tertiary alicyclic amines) is 1. The molecule has 0 spiro atoms. The van der Waals surface area contributed by atoms with Gasteiger partial charge in [0.15, 0.2) is 5.96 Å². The number of carbonyl (C=O) groups is 6.